The van der Waals surface area contributed by atoms with Crippen LogP contribution in [0.5, 0.6) is 0 Å². The molecule has 1 aromatic heterocycles. The third-order valence-corrected chi connectivity index (χ3v) is 2.26. The maximum atomic E-state index is 13.3. The predicted molar refractivity (Wildman–Crippen MR) is 61.3 cm³/mol. The number of anilines is 1. The molecule has 7 heteroatoms. The highest BCUT2D eigenvalue weighted by Gasteiger charge is 2.15. The van der Waals surface area contributed by atoms with Crippen molar-refractivity contribution in [2.24, 2.45) is 0 Å². The molecule has 0 spiro atoms. The van der Waals surface area contributed by atoms with E-state index in [-0.39, 0.29) is 5.69 Å². The monoisotopic (exact) mass is 268 g/mol. The molecular formula is C12H7F3N2O2. The molecule has 0 aliphatic carbocycles. The number of H-pyrrole nitrogens is 1. The molecule has 0 radical (unpaired) electrons. The van der Waals surface area contributed by atoms with Crippen LogP contribution in [0, 0.1) is 17.5 Å². The fourth-order valence-electron chi connectivity index (χ4n) is 1.42. The third kappa shape index (κ3) is 2.82. The summed E-state index contributed by atoms with van der Waals surface area (Å²) in [7, 11) is 0. The summed E-state index contributed by atoms with van der Waals surface area (Å²) in [5, 5.41) is 1.92. The number of aromatic nitrogens is 1. The largest absolute Gasteiger partial charge is 0.318 e. The number of hydrogen-bond donors (Lipinski definition) is 2. The maximum Gasteiger partial charge on any atom is 0.272 e. The molecule has 1 heterocycles. The molecule has 0 fully saturated rings. The average molecular weight is 268 g/mol. The zero-order valence-corrected chi connectivity index (χ0v) is 9.34. The first-order valence-electron chi connectivity index (χ1n) is 5.12. The quantitative estimate of drug-likeness (QED) is 0.875. The first-order chi connectivity index (χ1) is 8.97. The summed E-state index contributed by atoms with van der Waals surface area (Å²) < 4.78 is 39.3. The van der Waals surface area contributed by atoms with Gasteiger partial charge < -0.3 is 10.3 Å². The molecule has 4 nitrogen and oxygen atoms in total. The summed E-state index contributed by atoms with van der Waals surface area (Å²) >= 11 is 0. The summed E-state index contributed by atoms with van der Waals surface area (Å²) in [6, 6.07) is 4.62. The minimum absolute atomic E-state index is 0.171. The fraction of sp³-hybridized carbons (Fsp3) is 0. The van der Waals surface area contributed by atoms with Gasteiger partial charge in [-0.2, -0.15) is 0 Å². The predicted octanol–water partition coefficient (Wildman–Crippen LogP) is 2.04. The molecule has 2 aromatic rings. The van der Waals surface area contributed by atoms with E-state index in [1.165, 1.54) is 18.2 Å². The van der Waals surface area contributed by atoms with E-state index in [1.807, 2.05) is 5.32 Å². The number of amides is 1. The van der Waals surface area contributed by atoms with Crippen molar-refractivity contribution in [1.29, 1.82) is 0 Å². The smallest absolute Gasteiger partial charge is 0.272 e. The normalized spacial score (nSPS) is 10.3. The van der Waals surface area contributed by atoms with Crippen LogP contribution >= 0.6 is 0 Å². The summed E-state index contributed by atoms with van der Waals surface area (Å²) in [5.41, 5.74) is -1.49. The zero-order chi connectivity index (χ0) is 14.0. The number of hydrogen-bond acceptors (Lipinski definition) is 2. The minimum Gasteiger partial charge on any atom is -0.318 e. The fourth-order valence-corrected chi connectivity index (χ4v) is 1.42. The van der Waals surface area contributed by atoms with Crippen LogP contribution in [0.15, 0.2) is 35.1 Å². The van der Waals surface area contributed by atoms with E-state index in [4.69, 9.17) is 0 Å². The van der Waals surface area contributed by atoms with Crippen LogP contribution in [0.2, 0.25) is 0 Å². The Morgan fingerprint density at radius 1 is 1.11 bits per heavy atom. The maximum absolute atomic E-state index is 13.3. The highest BCUT2D eigenvalue weighted by atomic mass is 19.1. The van der Waals surface area contributed by atoms with E-state index in [0.717, 1.165) is 0 Å². The zero-order valence-electron chi connectivity index (χ0n) is 9.34. The van der Waals surface area contributed by atoms with Gasteiger partial charge in [-0.1, -0.05) is 6.07 Å². The molecule has 0 aliphatic heterocycles. The molecule has 98 valence electrons. The second-order valence-corrected chi connectivity index (χ2v) is 3.63. The van der Waals surface area contributed by atoms with Crippen molar-refractivity contribution in [1.82, 2.24) is 4.98 Å². The van der Waals surface area contributed by atoms with Gasteiger partial charge in [0, 0.05) is 18.2 Å². The van der Waals surface area contributed by atoms with E-state index in [1.54, 1.807) is 0 Å². The van der Waals surface area contributed by atoms with E-state index in [9.17, 15) is 22.8 Å². The van der Waals surface area contributed by atoms with Crippen molar-refractivity contribution in [2.45, 2.75) is 0 Å². The van der Waals surface area contributed by atoms with Crippen molar-refractivity contribution in [3.63, 3.8) is 0 Å². The first-order valence-corrected chi connectivity index (χ1v) is 5.12. The SMILES string of the molecule is O=C(Nc1c(F)cc(F)cc1F)c1cccc(=O)[nH]1. The Labute approximate surface area is 104 Å². The second-order valence-electron chi connectivity index (χ2n) is 3.63. The number of carbonyl (C=O) groups excluding carboxylic acids is 1. The molecule has 0 unspecified atom stereocenters. The highest BCUT2D eigenvalue weighted by molar-refractivity contribution is 6.02. The number of pyridine rings is 1. The number of benzene rings is 1. The van der Waals surface area contributed by atoms with Crippen molar-refractivity contribution < 1.29 is 18.0 Å². The van der Waals surface area contributed by atoms with Gasteiger partial charge in [0.25, 0.3) is 5.91 Å². The highest BCUT2D eigenvalue weighted by Crippen LogP contribution is 2.20. The van der Waals surface area contributed by atoms with Gasteiger partial charge in [-0.25, -0.2) is 13.2 Å². The summed E-state index contributed by atoms with van der Waals surface area (Å²) in [5.74, 6) is -4.50. The lowest BCUT2D eigenvalue weighted by Gasteiger charge is -2.07. The summed E-state index contributed by atoms with van der Waals surface area (Å²) in [4.78, 5) is 24.8. The Morgan fingerprint density at radius 2 is 1.74 bits per heavy atom. The Morgan fingerprint density at radius 3 is 2.32 bits per heavy atom. The van der Waals surface area contributed by atoms with E-state index in [2.05, 4.69) is 4.98 Å². The summed E-state index contributed by atoms with van der Waals surface area (Å²) in [6.07, 6.45) is 0. The molecule has 19 heavy (non-hydrogen) atoms. The van der Waals surface area contributed by atoms with Gasteiger partial charge in [-0.15, -0.1) is 0 Å². The van der Waals surface area contributed by atoms with Crippen molar-refractivity contribution in [3.8, 4) is 0 Å². The minimum atomic E-state index is -1.25. The number of nitrogens with one attached hydrogen (secondary N) is 2. The van der Waals surface area contributed by atoms with Gasteiger partial charge in [0.1, 0.15) is 17.2 Å². The molecule has 2 rings (SSSR count). The van der Waals surface area contributed by atoms with Crippen LogP contribution in [-0.2, 0) is 0 Å². The number of rotatable bonds is 2. The molecule has 0 saturated carbocycles. The lowest BCUT2D eigenvalue weighted by Crippen LogP contribution is -2.19. The van der Waals surface area contributed by atoms with E-state index < -0.39 is 34.6 Å². The first kappa shape index (κ1) is 12.9. The number of halogens is 3. The third-order valence-electron chi connectivity index (χ3n) is 2.26. The van der Waals surface area contributed by atoms with E-state index >= 15 is 0 Å². The number of carbonyl (C=O) groups is 1. The topological polar surface area (TPSA) is 62.0 Å². The average Bonchev–Trinajstić information content (AvgIpc) is 2.33. The molecule has 0 aliphatic rings. The van der Waals surface area contributed by atoms with Gasteiger partial charge in [0.15, 0.2) is 11.6 Å². The van der Waals surface area contributed by atoms with Crippen LogP contribution < -0.4 is 10.9 Å². The summed E-state index contributed by atoms with van der Waals surface area (Å²) in [6.45, 7) is 0. The molecule has 0 atom stereocenters. The van der Waals surface area contributed by atoms with Crippen molar-refractivity contribution >= 4 is 11.6 Å². The molecule has 2 N–H and O–H groups in total. The lowest BCUT2D eigenvalue weighted by atomic mass is 10.2. The Kier molecular flexibility index (Phi) is 3.37. The van der Waals surface area contributed by atoms with E-state index in [0.29, 0.717) is 12.1 Å². The molecule has 1 aromatic carbocycles. The van der Waals surface area contributed by atoms with Gasteiger partial charge >= 0.3 is 0 Å². The Balaban J connectivity index is 2.32. The van der Waals surface area contributed by atoms with Crippen LogP contribution in [0.4, 0.5) is 18.9 Å². The van der Waals surface area contributed by atoms with Crippen LogP contribution in [-0.4, -0.2) is 10.9 Å². The second kappa shape index (κ2) is 4.97. The Bertz CT molecular complexity index is 674. The molecule has 1 amide bonds. The van der Waals surface area contributed by atoms with Gasteiger partial charge in [0.05, 0.1) is 0 Å². The number of aromatic amines is 1. The van der Waals surface area contributed by atoms with Crippen molar-refractivity contribution in [3.05, 3.63) is 63.8 Å². The lowest BCUT2D eigenvalue weighted by molar-refractivity contribution is 0.102. The standard InChI is InChI=1S/C12H7F3N2O2/c13-6-4-7(14)11(8(15)5-6)17-12(19)9-2-1-3-10(18)16-9/h1-5H,(H,16,18)(H,17,19). The van der Waals surface area contributed by atoms with Crippen LogP contribution in [0.1, 0.15) is 10.5 Å². The Hall–Kier alpha value is -2.57. The van der Waals surface area contributed by atoms with Crippen molar-refractivity contribution in [2.75, 3.05) is 5.32 Å². The van der Waals surface area contributed by atoms with Gasteiger partial charge in [-0.3, -0.25) is 9.59 Å². The molecular weight excluding hydrogens is 261 g/mol. The van der Waals surface area contributed by atoms with Crippen LogP contribution in [0.3, 0.4) is 0 Å². The molecule has 0 bridgehead atoms. The van der Waals surface area contributed by atoms with Gasteiger partial charge in [-0.05, 0) is 6.07 Å². The van der Waals surface area contributed by atoms with Gasteiger partial charge in [0.2, 0.25) is 5.56 Å². The van der Waals surface area contributed by atoms with Crippen LogP contribution in [0.25, 0.3) is 0 Å². The molecule has 0 saturated heterocycles.